The highest BCUT2D eigenvalue weighted by atomic mass is 16.3. The van der Waals surface area contributed by atoms with E-state index in [0.29, 0.717) is 25.9 Å². The summed E-state index contributed by atoms with van der Waals surface area (Å²) in [7, 11) is 0. The molecule has 1 aliphatic rings. The number of benzene rings is 1. The molecule has 0 radical (unpaired) electrons. The molecule has 0 fully saturated rings. The van der Waals surface area contributed by atoms with Gasteiger partial charge in [-0.1, -0.05) is 19.1 Å². The second-order valence-electron chi connectivity index (χ2n) is 5.45. The zero-order valence-electron chi connectivity index (χ0n) is 12.6. The molecule has 114 valence electrons. The molecule has 0 bridgehead atoms. The maximum absolute atomic E-state index is 12.2. The van der Waals surface area contributed by atoms with Gasteiger partial charge in [0.05, 0.1) is 6.10 Å². The van der Waals surface area contributed by atoms with Gasteiger partial charge in [-0.05, 0) is 43.4 Å². The lowest BCUT2D eigenvalue weighted by molar-refractivity contribution is -0.137. The summed E-state index contributed by atoms with van der Waals surface area (Å²) in [5.74, 6) is -1.13. The summed E-state index contributed by atoms with van der Waals surface area (Å²) in [4.78, 5) is 25.7. The van der Waals surface area contributed by atoms with Crippen LogP contribution in [0.3, 0.4) is 0 Å². The van der Waals surface area contributed by atoms with Gasteiger partial charge in [0.15, 0.2) is 0 Å². The number of anilines is 1. The molecule has 1 atom stereocenters. The van der Waals surface area contributed by atoms with Gasteiger partial charge in [-0.25, -0.2) is 0 Å². The second kappa shape index (κ2) is 6.72. The van der Waals surface area contributed by atoms with Gasteiger partial charge >= 0.3 is 11.8 Å². The minimum atomic E-state index is -0.604. The van der Waals surface area contributed by atoms with Crippen molar-refractivity contribution < 1.29 is 14.7 Å². The predicted octanol–water partition coefficient (Wildman–Crippen LogP) is 1.16. The van der Waals surface area contributed by atoms with Crippen LogP contribution in [0.1, 0.15) is 30.9 Å². The van der Waals surface area contributed by atoms with Gasteiger partial charge in [-0.15, -0.1) is 0 Å². The van der Waals surface area contributed by atoms with Crippen molar-refractivity contribution in [2.45, 2.75) is 39.2 Å². The van der Waals surface area contributed by atoms with E-state index in [4.69, 9.17) is 0 Å². The number of aryl methyl sites for hydroxylation is 1. The van der Waals surface area contributed by atoms with Crippen LogP contribution in [0.2, 0.25) is 0 Å². The maximum atomic E-state index is 12.2. The van der Waals surface area contributed by atoms with Gasteiger partial charge in [-0.3, -0.25) is 9.59 Å². The van der Waals surface area contributed by atoms with Crippen LogP contribution in [0.5, 0.6) is 0 Å². The first-order valence-corrected chi connectivity index (χ1v) is 7.40. The molecule has 21 heavy (non-hydrogen) atoms. The summed E-state index contributed by atoms with van der Waals surface area (Å²) < 4.78 is 0. The van der Waals surface area contributed by atoms with Gasteiger partial charge in [0.1, 0.15) is 0 Å². The standard InChI is InChI=1S/C16H22N2O3/c1-3-13(19)6-8-17-15(20)16(21)18-9-7-12-5-4-11(2)10-14(12)18/h4-5,10,13,19H,3,6-9H2,1-2H3,(H,17,20). The summed E-state index contributed by atoms with van der Waals surface area (Å²) in [5, 5.41) is 12.0. The van der Waals surface area contributed by atoms with Crippen LogP contribution in [0.15, 0.2) is 18.2 Å². The molecule has 0 aliphatic carbocycles. The van der Waals surface area contributed by atoms with E-state index in [2.05, 4.69) is 5.32 Å². The Morgan fingerprint density at radius 2 is 2.19 bits per heavy atom. The van der Waals surface area contributed by atoms with Crippen molar-refractivity contribution in [3.63, 3.8) is 0 Å². The Morgan fingerprint density at radius 1 is 1.43 bits per heavy atom. The lowest BCUT2D eigenvalue weighted by Gasteiger charge is -2.17. The first-order chi connectivity index (χ1) is 10.0. The SMILES string of the molecule is CCC(O)CCNC(=O)C(=O)N1CCc2ccc(C)cc21. The number of rotatable bonds is 4. The van der Waals surface area contributed by atoms with Crippen LogP contribution in [0, 0.1) is 6.92 Å². The van der Waals surface area contributed by atoms with E-state index < -0.39 is 17.9 Å². The molecule has 2 N–H and O–H groups in total. The van der Waals surface area contributed by atoms with E-state index >= 15 is 0 Å². The van der Waals surface area contributed by atoms with Crippen molar-refractivity contribution in [3.8, 4) is 0 Å². The summed E-state index contributed by atoms with van der Waals surface area (Å²) in [6.07, 6.45) is 1.45. The second-order valence-corrected chi connectivity index (χ2v) is 5.45. The van der Waals surface area contributed by atoms with Crippen molar-refractivity contribution >= 4 is 17.5 Å². The summed E-state index contributed by atoms with van der Waals surface area (Å²) >= 11 is 0. The zero-order chi connectivity index (χ0) is 15.4. The highest BCUT2D eigenvalue weighted by Gasteiger charge is 2.28. The number of fused-ring (bicyclic) bond motifs is 1. The quantitative estimate of drug-likeness (QED) is 0.818. The largest absolute Gasteiger partial charge is 0.393 e. The fourth-order valence-electron chi connectivity index (χ4n) is 2.45. The topological polar surface area (TPSA) is 69.6 Å². The smallest absolute Gasteiger partial charge is 0.316 e. The molecule has 0 saturated heterocycles. The number of hydrogen-bond acceptors (Lipinski definition) is 3. The molecule has 1 aromatic rings. The molecule has 5 heteroatoms. The Balaban J connectivity index is 1.96. The van der Waals surface area contributed by atoms with Crippen LogP contribution < -0.4 is 10.2 Å². The molecule has 2 amide bonds. The number of hydrogen-bond donors (Lipinski definition) is 2. The molecule has 0 spiro atoms. The molecular weight excluding hydrogens is 268 g/mol. The number of nitrogens with one attached hydrogen (secondary N) is 1. The number of aliphatic hydroxyl groups excluding tert-OH is 1. The minimum Gasteiger partial charge on any atom is -0.393 e. The molecule has 0 aromatic heterocycles. The van der Waals surface area contributed by atoms with Gasteiger partial charge < -0.3 is 15.3 Å². The van der Waals surface area contributed by atoms with E-state index in [0.717, 1.165) is 23.2 Å². The Labute approximate surface area is 125 Å². The van der Waals surface area contributed by atoms with Crippen molar-refractivity contribution in [1.82, 2.24) is 5.32 Å². The minimum absolute atomic E-state index is 0.314. The monoisotopic (exact) mass is 290 g/mol. The maximum Gasteiger partial charge on any atom is 0.316 e. The number of amides is 2. The van der Waals surface area contributed by atoms with Crippen LogP contribution in [-0.2, 0) is 16.0 Å². The molecule has 1 aliphatic heterocycles. The van der Waals surface area contributed by atoms with Crippen LogP contribution in [-0.4, -0.2) is 36.1 Å². The lowest BCUT2D eigenvalue weighted by atomic mass is 10.1. The molecule has 1 heterocycles. The Kier molecular flexibility index (Phi) is 4.96. The molecule has 1 aromatic carbocycles. The highest BCUT2D eigenvalue weighted by molar-refractivity contribution is 6.40. The van der Waals surface area contributed by atoms with Crippen molar-refractivity contribution in [1.29, 1.82) is 0 Å². The summed E-state index contributed by atoms with van der Waals surface area (Å²) in [6.45, 7) is 4.70. The molecular formula is C16H22N2O3. The van der Waals surface area contributed by atoms with E-state index in [1.165, 1.54) is 4.90 Å². The van der Waals surface area contributed by atoms with E-state index in [1.807, 2.05) is 32.0 Å². The van der Waals surface area contributed by atoms with Crippen LogP contribution in [0.25, 0.3) is 0 Å². The van der Waals surface area contributed by atoms with Crippen molar-refractivity contribution in [3.05, 3.63) is 29.3 Å². The number of nitrogens with zero attached hydrogens (tertiary/aromatic N) is 1. The normalized spacial score (nSPS) is 14.7. The summed E-state index contributed by atoms with van der Waals surface area (Å²) in [6, 6.07) is 5.96. The van der Waals surface area contributed by atoms with E-state index in [1.54, 1.807) is 0 Å². The van der Waals surface area contributed by atoms with Crippen LogP contribution in [0.4, 0.5) is 5.69 Å². The molecule has 0 saturated carbocycles. The van der Waals surface area contributed by atoms with Crippen molar-refractivity contribution in [2.75, 3.05) is 18.0 Å². The molecule has 2 rings (SSSR count). The number of carbonyl (C=O) groups excluding carboxylic acids is 2. The van der Waals surface area contributed by atoms with Gasteiger partial charge in [0.25, 0.3) is 0 Å². The molecule has 1 unspecified atom stereocenters. The van der Waals surface area contributed by atoms with Gasteiger partial charge in [0.2, 0.25) is 0 Å². The zero-order valence-corrected chi connectivity index (χ0v) is 12.6. The Morgan fingerprint density at radius 3 is 2.90 bits per heavy atom. The third-order valence-electron chi connectivity index (χ3n) is 3.81. The average Bonchev–Trinajstić information content (AvgIpc) is 2.88. The van der Waals surface area contributed by atoms with Crippen molar-refractivity contribution in [2.24, 2.45) is 0 Å². The number of carbonyl (C=O) groups is 2. The fourth-order valence-corrected chi connectivity index (χ4v) is 2.45. The summed E-state index contributed by atoms with van der Waals surface area (Å²) in [5.41, 5.74) is 3.01. The van der Waals surface area contributed by atoms with E-state index in [-0.39, 0.29) is 0 Å². The Hall–Kier alpha value is -1.88. The Bertz CT molecular complexity index is 542. The predicted molar refractivity (Wildman–Crippen MR) is 81.2 cm³/mol. The third-order valence-corrected chi connectivity index (χ3v) is 3.81. The first-order valence-electron chi connectivity index (χ1n) is 7.40. The molecule has 5 nitrogen and oxygen atoms in total. The highest BCUT2D eigenvalue weighted by Crippen LogP contribution is 2.28. The lowest BCUT2D eigenvalue weighted by Crippen LogP contribution is -2.43. The van der Waals surface area contributed by atoms with Crippen LogP contribution >= 0.6 is 0 Å². The first kappa shape index (κ1) is 15.5. The van der Waals surface area contributed by atoms with Gasteiger partial charge in [-0.2, -0.15) is 0 Å². The third kappa shape index (κ3) is 3.61. The number of aliphatic hydroxyl groups is 1. The fraction of sp³-hybridized carbons (Fsp3) is 0.500. The van der Waals surface area contributed by atoms with Gasteiger partial charge in [0, 0.05) is 18.8 Å². The average molecular weight is 290 g/mol. The van der Waals surface area contributed by atoms with E-state index in [9.17, 15) is 14.7 Å².